The lowest BCUT2D eigenvalue weighted by molar-refractivity contribution is -0.140. The maximum absolute atomic E-state index is 13.1. The number of ether oxygens (including phenoxy) is 2. The predicted molar refractivity (Wildman–Crippen MR) is 117 cm³/mol. The number of nitrogens with zero attached hydrogens (tertiary/aromatic N) is 4. The molecule has 10 nitrogen and oxygen atoms in total. The molecule has 1 aromatic carbocycles. The van der Waals surface area contributed by atoms with Gasteiger partial charge in [0.2, 0.25) is 0 Å². The maximum Gasteiger partial charge on any atom is 0.335 e. The van der Waals surface area contributed by atoms with Crippen LogP contribution in [0.5, 0.6) is 11.5 Å². The summed E-state index contributed by atoms with van der Waals surface area (Å²) in [6, 6.07) is 6.12. The van der Waals surface area contributed by atoms with E-state index in [1.807, 2.05) is 13.0 Å². The fourth-order valence-electron chi connectivity index (χ4n) is 3.93. The molecule has 10 heteroatoms. The Hall–Kier alpha value is -3.82. The fourth-order valence-corrected chi connectivity index (χ4v) is 3.93. The molecule has 0 bridgehead atoms. The van der Waals surface area contributed by atoms with Gasteiger partial charge in [-0.3, -0.25) is 4.79 Å². The standard InChI is InChI=1S/C22H25N5O5/c1-13-11-26(20-19-16(6-7-23-20)24-12-25-19)8-9-27(13)21(28)14(2)32-17-5-4-15(22(29)30)10-18(17)31-3/h4-7,10,12-14H,8-9,11H2,1-3H3,(H,24,25)(H,29,30)/t13-,14+/m1/s1. The van der Waals surface area contributed by atoms with Crippen molar-refractivity contribution in [1.82, 2.24) is 19.9 Å². The molecule has 3 heterocycles. The van der Waals surface area contributed by atoms with E-state index in [-0.39, 0.29) is 23.3 Å². The van der Waals surface area contributed by atoms with Crippen molar-refractivity contribution >= 4 is 28.7 Å². The van der Waals surface area contributed by atoms with Gasteiger partial charge >= 0.3 is 5.97 Å². The molecule has 1 aliphatic rings. The number of aromatic nitrogens is 3. The Labute approximate surface area is 184 Å². The van der Waals surface area contributed by atoms with E-state index in [1.54, 1.807) is 24.3 Å². The topological polar surface area (TPSA) is 121 Å². The Morgan fingerprint density at radius 2 is 2.03 bits per heavy atom. The second-order valence-corrected chi connectivity index (χ2v) is 7.69. The van der Waals surface area contributed by atoms with Gasteiger partial charge in [-0.2, -0.15) is 0 Å². The van der Waals surface area contributed by atoms with Gasteiger partial charge in [0.05, 0.1) is 24.5 Å². The lowest BCUT2D eigenvalue weighted by Gasteiger charge is -2.41. The van der Waals surface area contributed by atoms with Crippen molar-refractivity contribution in [2.24, 2.45) is 0 Å². The zero-order chi connectivity index (χ0) is 22.8. The number of H-pyrrole nitrogens is 1. The maximum atomic E-state index is 13.1. The van der Waals surface area contributed by atoms with Gasteiger partial charge in [0.15, 0.2) is 23.4 Å². The number of pyridine rings is 1. The molecule has 0 radical (unpaired) electrons. The van der Waals surface area contributed by atoms with Crippen LogP contribution in [0.4, 0.5) is 5.82 Å². The molecule has 2 atom stereocenters. The van der Waals surface area contributed by atoms with Gasteiger partial charge in [-0.25, -0.2) is 14.8 Å². The lowest BCUT2D eigenvalue weighted by Crippen LogP contribution is -2.56. The molecule has 4 rings (SSSR count). The van der Waals surface area contributed by atoms with Crippen molar-refractivity contribution < 1.29 is 24.2 Å². The Morgan fingerprint density at radius 1 is 1.22 bits per heavy atom. The normalized spacial score (nSPS) is 17.3. The van der Waals surface area contributed by atoms with Crippen LogP contribution in [0.15, 0.2) is 36.8 Å². The number of hydrogen-bond donors (Lipinski definition) is 2. The Kier molecular flexibility index (Phi) is 5.85. The Morgan fingerprint density at radius 3 is 2.75 bits per heavy atom. The smallest absolute Gasteiger partial charge is 0.335 e. The first kappa shape index (κ1) is 21.4. The number of nitrogens with one attached hydrogen (secondary N) is 1. The molecule has 0 saturated carbocycles. The molecule has 3 aromatic rings. The van der Waals surface area contributed by atoms with E-state index in [4.69, 9.17) is 14.6 Å². The van der Waals surface area contributed by atoms with Crippen molar-refractivity contribution in [2.45, 2.75) is 26.0 Å². The van der Waals surface area contributed by atoms with Gasteiger partial charge < -0.3 is 29.4 Å². The van der Waals surface area contributed by atoms with Crippen molar-refractivity contribution in [3.63, 3.8) is 0 Å². The third kappa shape index (κ3) is 4.03. The molecule has 168 valence electrons. The van der Waals surface area contributed by atoms with Crippen LogP contribution in [0.2, 0.25) is 0 Å². The number of aromatic carboxylic acids is 1. The first-order valence-electron chi connectivity index (χ1n) is 10.3. The van der Waals surface area contributed by atoms with Crippen LogP contribution in [0.3, 0.4) is 0 Å². The van der Waals surface area contributed by atoms with Gasteiger partial charge in [-0.1, -0.05) is 0 Å². The number of benzene rings is 1. The third-order valence-corrected chi connectivity index (χ3v) is 5.59. The number of carboxylic acids is 1. The number of methoxy groups -OCH3 is 1. The molecular weight excluding hydrogens is 414 g/mol. The quantitative estimate of drug-likeness (QED) is 0.599. The van der Waals surface area contributed by atoms with Crippen molar-refractivity contribution in [3.05, 3.63) is 42.4 Å². The number of amides is 1. The van der Waals surface area contributed by atoms with Crippen molar-refractivity contribution in [2.75, 3.05) is 31.6 Å². The highest BCUT2D eigenvalue weighted by Gasteiger charge is 2.32. The van der Waals surface area contributed by atoms with Gasteiger partial charge in [0.1, 0.15) is 5.52 Å². The van der Waals surface area contributed by atoms with Crippen LogP contribution >= 0.6 is 0 Å². The van der Waals surface area contributed by atoms with E-state index in [2.05, 4.69) is 19.9 Å². The summed E-state index contributed by atoms with van der Waals surface area (Å²) in [4.78, 5) is 40.2. The van der Waals surface area contributed by atoms with E-state index < -0.39 is 12.1 Å². The van der Waals surface area contributed by atoms with Crippen LogP contribution < -0.4 is 14.4 Å². The minimum Gasteiger partial charge on any atom is -0.493 e. The number of anilines is 1. The minimum atomic E-state index is -1.06. The van der Waals surface area contributed by atoms with Gasteiger partial charge in [0, 0.05) is 31.9 Å². The molecular formula is C22H25N5O5. The number of hydrogen-bond acceptors (Lipinski definition) is 7. The summed E-state index contributed by atoms with van der Waals surface area (Å²) < 4.78 is 11.1. The van der Waals surface area contributed by atoms with E-state index in [0.717, 1.165) is 16.9 Å². The van der Waals surface area contributed by atoms with Crippen LogP contribution in [-0.2, 0) is 4.79 Å². The van der Waals surface area contributed by atoms with E-state index in [9.17, 15) is 9.59 Å². The first-order valence-corrected chi connectivity index (χ1v) is 10.3. The zero-order valence-corrected chi connectivity index (χ0v) is 18.1. The number of carbonyl (C=O) groups is 2. The Balaban J connectivity index is 1.44. The molecule has 1 amide bonds. The number of rotatable bonds is 6. The molecule has 0 aliphatic carbocycles. The zero-order valence-electron chi connectivity index (χ0n) is 18.1. The summed E-state index contributed by atoms with van der Waals surface area (Å²) >= 11 is 0. The predicted octanol–water partition coefficient (Wildman–Crippen LogP) is 2.17. The minimum absolute atomic E-state index is 0.0606. The van der Waals surface area contributed by atoms with Crippen LogP contribution in [0.1, 0.15) is 24.2 Å². The average Bonchev–Trinajstić information content (AvgIpc) is 3.27. The van der Waals surface area contributed by atoms with E-state index in [0.29, 0.717) is 25.4 Å². The molecule has 1 fully saturated rings. The number of imidazole rings is 1. The van der Waals surface area contributed by atoms with Gasteiger partial charge in [-0.05, 0) is 38.1 Å². The number of piperazine rings is 1. The molecule has 0 unspecified atom stereocenters. The molecule has 2 N–H and O–H groups in total. The second-order valence-electron chi connectivity index (χ2n) is 7.69. The average molecular weight is 439 g/mol. The highest BCUT2D eigenvalue weighted by atomic mass is 16.5. The number of carbonyl (C=O) groups excluding carboxylic acids is 1. The SMILES string of the molecule is COc1cc(C(=O)O)ccc1O[C@@H](C)C(=O)N1CCN(c2nccc3[nH]cnc23)C[C@H]1C. The van der Waals surface area contributed by atoms with E-state index >= 15 is 0 Å². The molecule has 1 aliphatic heterocycles. The molecule has 0 spiro atoms. The summed E-state index contributed by atoms with van der Waals surface area (Å²) in [6.07, 6.45) is 2.63. The fraction of sp³-hybridized carbons (Fsp3) is 0.364. The highest BCUT2D eigenvalue weighted by molar-refractivity contribution is 5.89. The molecule has 1 saturated heterocycles. The van der Waals surface area contributed by atoms with E-state index in [1.165, 1.54) is 25.3 Å². The monoisotopic (exact) mass is 439 g/mol. The van der Waals surface area contributed by atoms with Gasteiger partial charge in [0.25, 0.3) is 5.91 Å². The van der Waals surface area contributed by atoms with Crippen LogP contribution in [-0.4, -0.2) is 75.7 Å². The summed E-state index contributed by atoms with van der Waals surface area (Å²) in [5, 5.41) is 9.14. The summed E-state index contributed by atoms with van der Waals surface area (Å²) in [5.74, 6) is 0.174. The van der Waals surface area contributed by atoms with Gasteiger partial charge in [-0.15, -0.1) is 0 Å². The summed E-state index contributed by atoms with van der Waals surface area (Å²) in [5.41, 5.74) is 1.82. The first-order chi connectivity index (χ1) is 15.4. The third-order valence-electron chi connectivity index (χ3n) is 5.59. The van der Waals surface area contributed by atoms with Crippen molar-refractivity contribution in [3.8, 4) is 11.5 Å². The largest absolute Gasteiger partial charge is 0.493 e. The summed E-state index contributed by atoms with van der Waals surface area (Å²) in [7, 11) is 1.43. The number of fused-ring (bicyclic) bond motifs is 1. The van der Waals surface area contributed by atoms with Crippen LogP contribution in [0.25, 0.3) is 11.0 Å². The lowest BCUT2D eigenvalue weighted by atomic mass is 10.1. The molecule has 2 aromatic heterocycles. The van der Waals surface area contributed by atoms with Crippen molar-refractivity contribution in [1.29, 1.82) is 0 Å². The number of carboxylic acid groups (broad SMARTS) is 1. The second kappa shape index (κ2) is 8.74. The highest BCUT2D eigenvalue weighted by Crippen LogP contribution is 2.30. The summed E-state index contributed by atoms with van der Waals surface area (Å²) in [6.45, 7) is 5.43. The Bertz CT molecular complexity index is 1150. The molecule has 32 heavy (non-hydrogen) atoms. The number of aromatic amines is 1. The van der Waals surface area contributed by atoms with Crippen LogP contribution in [0, 0.1) is 0 Å².